The van der Waals surface area contributed by atoms with Crippen molar-refractivity contribution in [3.8, 4) is 5.75 Å². The van der Waals surface area contributed by atoms with Gasteiger partial charge in [0.1, 0.15) is 5.75 Å². The van der Waals surface area contributed by atoms with E-state index in [0.29, 0.717) is 13.0 Å². The maximum Gasteiger partial charge on any atom is 0.224 e. The van der Waals surface area contributed by atoms with Gasteiger partial charge in [0.05, 0.1) is 13.5 Å². The van der Waals surface area contributed by atoms with Gasteiger partial charge in [-0.05, 0) is 35.4 Å². The first-order valence-electron chi connectivity index (χ1n) is 7.39. The lowest BCUT2D eigenvalue weighted by atomic mass is 10.1. The first-order chi connectivity index (χ1) is 11.2. The highest BCUT2D eigenvalue weighted by Crippen LogP contribution is 2.15. The van der Waals surface area contributed by atoms with Crippen LogP contribution in [0.2, 0.25) is 5.02 Å². The van der Waals surface area contributed by atoms with Gasteiger partial charge >= 0.3 is 0 Å². The zero-order valence-electron chi connectivity index (χ0n) is 13.0. The maximum absolute atomic E-state index is 11.9. The Morgan fingerprint density at radius 3 is 2.39 bits per heavy atom. The maximum atomic E-state index is 11.9. The molecule has 2 aromatic rings. The smallest absolute Gasteiger partial charge is 0.224 e. The number of thioether (sulfide) groups is 1. The summed E-state index contributed by atoms with van der Waals surface area (Å²) in [6, 6.07) is 15.4. The Labute approximate surface area is 146 Å². The van der Waals surface area contributed by atoms with Crippen LogP contribution in [0.4, 0.5) is 0 Å². The molecule has 0 aliphatic rings. The molecule has 2 rings (SSSR count). The molecular weight excluding hydrogens is 330 g/mol. The van der Waals surface area contributed by atoms with Crippen molar-refractivity contribution in [2.24, 2.45) is 0 Å². The normalized spacial score (nSPS) is 10.3. The molecule has 1 N–H and O–H groups in total. The predicted molar refractivity (Wildman–Crippen MR) is 97.3 cm³/mol. The van der Waals surface area contributed by atoms with Crippen LogP contribution in [-0.2, 0) is 17.0 Å². The largest absolute Gasteiger partial charge is 0.497 e. The molecule has 0 saturated heterocycles. The molecule has 23 heavy (non-hydrogen) atoms. The third-order valence-corrected chi connectivity index (χ3v) is 4.56. The van der Waals surface area contributed by atoms with Crippen molar-refractivity contribution in [2.75, 3.05) is 19.4 Å². The number of carbonyl (C=O) groups is 1. The predicted octanol–water partition coefficient (Wildman–Crippen LogP) is 3.94. The highest BCUT2D eigenvalue weighted by atomic mass is 35.5. The van der Waals surface area contributed by atoms with Crippen LogP contribution in [0.3, 0.4) is 0 Å². The van der Waals surface area contributed by atoms with E-state index in [1.54, 1.807) is 18.9 Å². The van der Waals surface area contributed by atoms with Crippen LogP contribution in [-0.4, -0.2) is 25.3 Å². The molecule has 0 aliphatic heterocycles. The molecule has 122 valence electrons. The number of carbonyl (C=O) groups excluding carboxylic acids is 1. The Balaban J connectivity index is 1.61. The van der Waals surface area contributed by atoms with Gasteiger partial charge in [-0.15, -0.1) is 0 Å². The van der Waals surface area contributed by atoms with Crippen molar-refractivity contribution < 1.29 is 9.53 Å². The summed E-state index contributed by atoms with van der Waals surface area (Å²) in [4.78, 5) is 11.9. The summed E-state index contributed by atoms with van der Waals surface area (Å²) < 4.78 is 5.10. The third-order valence-electron chi connectivity index (χ3n) is 3.27. The van der Waals surface area contributed by atoms with Crippen LogP contribution in [0, 0.1) is 0 Å². The molecule has 0 heterocycles. The average molecular weight is 350 g/mol. The Morgan fingerprint density at radius 2 is 1.74 bits per heavy atom. The Bertz CT molecular complexity index is 614. The Kier molecular flexibility index (Phi) is 7.30. The van der Waals surface area contributed by atoms with E-state index in [-0.39, 0.29) is 5.91 Å². The topological polar surface area (TPSA) is 38.3 Å². The van der Waals surface area contributed by atoms with Crippen molar-refractivity contribution in [3.05, 3.63) is 64.7 Å². The second kappa shape index (κ2) is 9.48. The molecule has 0 saturated carbocycles. The van der Waals surface area contributed by atoms with E-state index >= 15 is 0 Å². The minimum Gasteiger partial charge on any atom is -0.497 e. The van der Waals surface area contributed by atoms with Crippen LogP contribution >= 0.6 is 23.4 Å². The zero-order chi connectivity index (χ0) is 16.5. The third kappa shape index (κ3) is 6.55. The molecule has 0 aromatic heterocycles. The van der Waals surface area contributed by atoms with E-state index in [2.05, 4.69) is 5.32 Å². The number of hydrogen-bond acceptors (Lipinski definition) is 3. The summed E-state index contributed by atoms with van der Waals surface area (Å²) in [6.07, 6.45) is 0.395. The quantitative estimate of drug-likeness (QED) is 0.733. The fraction of sp³-hybridized carbons (Fsp3) is 0.278. The van der Waals surface area contributed by atoms with Crippen molar-refractivity contribution in [1.82, 2.24) is 5.32 Å². The highest BCUT2D eigenvalue weighted by Gasteiger charge is 2.03. The molecule has 5 heteroatoms. The number of benzene rings is 2. The van der Waals surface area contributed by atoms with Crippen molar-refractivity contribution in [1.29, 1.82) is 0 Å². The van der Waals surface area contributed by atoms with Crippen LogP contribution in [0.25, 0.3) is 0 Å². The van der Waals surface area contributed by atoms with E-state index in [4.69, 9.17) is 16.3 Å². The number of hydrogen-bond donors (Lipinski definition) is 1. The summed E-state index contributed by atoms with van der Waals surface area (Å²) in [5, 5.41) is 3.70. The summed E-state index contributed by atoms with van der Waals surface area (Å²) in [7, 11) is 1.63. The number of nitrogens with one attached hydrogen (secondary N) is 1. The van der Waals surface area contributed by atoms with Crippen molar-refractivity contribution in [2.45, 2.75) is 12.2 Å². The highest BCUT2D eigenvalue weighted by molar-refractivity contribution is 7.98. The van der Waals surface area contributed by atoms with Gasteiger partial charge < -0.3 is 10.1 Å². The summed E-state index contributed by atoms with van der Waals surface area (Å²) in [6.45, 7) is 0.674. The number of amides is 1. The number of halogens is 1. The Morgan fingerprint density at radius 1 is 1.09 bits per heavy atom. The van der Waals surface area contributed by atoms with Gasteiger partial charge in [-0.1, -0.05) is 35.9 Å². The first kappa shape index (κ1) is 17.7. The molecule has 3 nitrogen and oxygen atoms in total. The molecule has 0 radical (unpaired) electrons. The first-order valence-corrected chi connectivity index (χ1v) is 8.92. The molecule has 2 aromatic carbocycles. The van der Waals surface area contributed by atoms with Crippen LogP contribution in [0.15, 0.2) is 48.5 Å². The molecule has 0 atom stereocenters. The lowest BCUT2D eigenvalue weighted by molar-refractivity contribution is -0.120. The van der Waals surface area contributed by atoms with Crippen molar-refractivity contribution in [3.63, 3.8) is 0 Å². The number of ether oxygens (including phenoxy) is 1. The van der Waals surface area contributed by atoms with Crippen LogP contribution in [0.5, 0.6) is 5.75 Å². The van der Waals surface area contributed by atoms with Gasteiger partial charge in [0.15, 0.2) is 0 Å². The number of methoxy groups -OCH3 is 1. The minimum atomic E-state index is 0.0438. The summed E-state index contributed by atoms with van der Waals surface area (Å²) in [5.41, 5.74) is 2.22. The molecule has 0 aliphatic carbocycles. The van der Waals surface area contributed by atoms with Gasteiger partial charge in [0.25, 0.3) is 0 Å². The SMILES string of the molecule is COc1ccc(CC(=O)NCCSCc2ccc(Cl)cc2)cc1. The molecule has 0 unspecified atom stereocenters. The fourth-order valence-corrected chi connectivity index (χ4v) is 2.97. The van der Waals surface area contributed by atoms with Crippen LogP contribution < -0.4 is 10.1 Å². The fourth-order valence-electron chi connectivity index (χ4n) is 2.02. The molecule has 1 amide bonds. The minimum absolute atomic E-state index is 0.0438. The van der Waals surface area contributed by atoms with Gasteiger partial charge in [-0.25, -0.2) is 0 Å². The summed E-state index contributed by atoms with van der Waals surface area (Å²) >= 11 is 7.64. The van der Waals surface area contributed by atoms with Gasteiger partial charge in [-0.2, -0.15) is 11.8 Å². The zero-order valence-corrected chi connectivity index (χ0v) is 14.6. The second-order valence-electron chi connectivity index (χ2n) is 5.05. The van der Waals surface area contributed by atoms with Crippen molar-refractivity contribution >= 4 is 29.3 Å². The van der Waals surface area contributed by atoms with Gasteiger partial charge in [0.2, 0.25) is 5.91 Å². The van der Waals surface area contributed by atoms with Gasteiger partial charge in [-0.3, -0.25) is 4.79 Å². The van der Waals surface area contributed by atoms with E-state index in [9.17, 15) is 4.79 Å². The standard InChI is InChI=1S/C18H20ClNO2S/c1-22-17-8-4-14(5-9-17)12-18(21)20-10-11-23-13-15-2-6-16(19)7-3-15/h2-9H,10-13H2,1H3,(H,20,21). The van der Waals surface area contributed by atoms with Crippen LogP contribution in [0.1, 0.15) is 11.1 Å². The lowest BCUT2D eigenvalue weighted by Crippen LogP contribution is -2.27. The summed E-state index contributed by atoms with van der Waals surface area (Å²) in [5.74, 6) is 2.65. The van der Waals surface area contributed by atoms with Gasteiger partial charge in [0, 0.05) is 23.1 Å². The lowest BCUT2D eigenvalue weighted by Gasteiger charge is -2.06. The average Bonchev–Trinajstić information content (AvgIpc) is 2.57. The number of rotatable bonds is 8. The molecular formula is C18H20ClNO2S. The second-order valence-corrected chi connectivity index (χ2v) is 6.60. The van der Waals surface area contributed by atoms with E-state index in [1.165, 1.54) is 5.56 Å². The molecule has 0 fully saturated rings. The molecule has 0 bridgehead atoms. The molecule has 0 spiro atoms. The van der Waals surface area contributed by atoms with E-state index in [1.807, 2.05) is 48.5 Å². The monoisotopic (exact) mass is 349 g/mol. The van der Waals surface area contributed by atoms with E-state index in [0.717, 1.165) is 27.8 Å². The Hall–Kier alpha value is -1.65. The van der Waals surface area contributed by atoms with E-state index < -0.39 is 0 Å².